The minimum atomic E-state index is -6.64. The van der Waals surface area contributed by atoms with Crippen molar-refractivity contribution in [3.05, 3.63) is 0 Å². The molecule has 1 N–H and O–H groups in total. The Hall–Kier alpha value is -0.940. The van der Waals surface area contributed by atoms with Crippen LogP contribution in [0.1, 0.15) is 91.4 Å². The summed E-state index contributed by atoms with van der Waals surface area (Å²) >= 11 is 0. The van der Waals surface area contributed by atoms with Gasteiger partial charge in [-0.25, -0.2) is 8.42 Å². The molecule has 0 unspecified atom stereocenters. The first-order valence-electron chi connectivity index (χ1n) is 14.0. The average molecular weight is 570 g/mol. The third-order valence-electron chi connectivity index (χ3n) is 11.4. The minimum Gasteiger partial charge on any atom is -0.743 e. The number of carbonyl (C=O) groups excluding carboxylic acids is 1. The van der Waals surface area contributed by atoms with Crippen LogP contribution in [0.25, 0.3) is 0 Å². The van der Waals surface area contributed by atoms with Gasteiger partial charge in [-0.15, -0.1) is 0 Å². The first kappa shape index (κ1) is 30.0. The van der Waals surface area contributed by atoms with Crippen LogP contribution in [0.2, 0.25) is 0 Å². The molecule has 6 nitrogen and oxygen atoms in total. The number of aliphatic hydroxyl groups excluding tert-OH is 1. The standard InChI is InChI=1S/C27H42F4O6S/c1-16(7-12-23(33)37-15-26(28,29)27(30,31)38(34,35)36)19-10-11-20-18-9-8-17-6-4-5-13-24(17,2)21(18)14-22(32)25(19,20)3/h16-22,32H,4-15H2,1-3H3,(H,34,35,36)/p-1/t16-,17+,18+,19-,20+,21+,22+,24+,25-/m1/s1. The molecule has 0 bridgehead atoms. The predicted molar refractivity (Wildman–Crippen MR) is 130 cm³/mol. The summed E-state index contributed by atoms with van der Waals surface area (Å²) in [5, 5.41) is 5.69. The summed E-state index contributed by atoms with van der Waals surface area (Å²) < 4.78 is 89.6. The zero-order valence-electron chi connectivity index (χ0n) is 22.4. The Labute approximate surface area is 223 Å². The lowest BCUT2D eigenvalue weighted by atomic mass is 9.44. The van der Waals surface area contributed by atoms with E-state index in [0.717, 1.165) is 25.2 Å². The van der Waals surface area contributed by atoms with Crippen molar-refractivity contribution in [2.45, 2.75) is 109 Å². The van der Waals surface area contributed by atoms with Crippen LogP contribution < -0.4 is 0 Å². The fourth-order valence-corrected chi connectivity index (χ4v) is 9.70. The quantitative estimate of drug-likeness (QED) is 0.227. The Morgan fingerprint density at radius 2 is 1.76 bits per heavy atom. The highest BCUT2D eigenvalue weighted by atomic mass is 32.2. The van der Waals surface area contributed by atoms with Crippen LogP contribution in [0, 0.1) is 46.3 Å². The molecule has 4 rings (SSSR count). The van der Waals surface area contributed by atoms with Crippen molar-refractivity contribution in [1.82, 2.24) is 0 Å². The number of aliphatic hydroxyl groups is 1. The number of halogens is 4. The zero-order valence-corrected chi connectivity index (χ0v) is 23.3. The lowest BCUT2D eigenvalue weighted by Crippen LogP contribution is -2.58. The van der Waals surface area contributed by atoms with E-state index in [9.17, 15) is 40.4 Å². The summed E-state index contributed by atoms with van der Waals surface area (Å²) in [5.74, 6) is -4.25. The molecule has 0 radical (unpaired) electrons. The normalized spacial score (nSPS) is 40.6. The lowest BCUT2D eigenvalue weighted by Gasteiger charge is -2.62. The second-order valence-corrected chi connectivity index (χ2v) is 14.5. The van der Waals surface area contributed by atoms with Gasteiger partial charge in [0, 0.05) is 6.42 Å². The van der Waals surface area contributed by atoms with Crippen LogP contribution in [0.4, 0.5) is 17.6 Å². The Kier molecular flexibility index (Phi) is 8.03. The van der Waals surface area contributed by atoms with Crippen molar-refractivity contribution in [1.29, 1.82) is 0 Å². The van der Waals surface area contributed by atoms with Gasteiger partial charge in [0.25, 0.3) is 0 Å². The molecule has 4 aliphatic rings. The highest BCUT2D eigenvalue weighted by Gasteiger charge is 2.64. The topological polar surface area (TPSA) is 104 Å². The van der Waals surface area contributed by atoms with Gasteiger partial charge < -0.3 is 14.4 Å². The second kappa shape index (κ2) is 10.2. The number of alkyl halides is 4. The van der Waals surface area contributed by atoms with Crippen molar-refractivity contribution in [3.8, 4) is 0 Å². The first-order chi connectivity index (χ1) is 17.5. The first-order valence-corrected chi connectivity index (χ1v) is 15.4. The fourth-order valence-electron chi connectivity index (χ4n) is 9.28. The molecular weight excluding hydrogens is 528 g/mol. The van der Waals surface area contributed by atoms with E-state index in [1.165, 1.54) is 38.5 Å². The maximum absolute atomic E-state index is 13.6. The van der Waals surface area contributed by atoms with Crippen molar-refractivity contribution in [2.75, 3.05) is 6.61 Å². The van der Waals surface area contributed by atoms with Gasteiger partial charge in [0.2, 0.25) is 0 Å². The van der Waals surface area contributed by atoms with Gasteiger partial charge in [0.05, 0.1) is 6.10 Å². The Balaban J connectivity index is 1.37. The van der Waals surface area contributed by atoms with Crippen LogP contribution in [-0.2, 0) is 19.6 Å². The molecule has 0 amide bonds. The average Bonchev–Trinajstić information content (AvgIpc) is 3.19. The number of fused-ring (bicyclic) bond motifs is 5. The molecule has 0 spiro atoms. The third-order valence-corrected chi connectivity index (χ3v) is 12.3. The van der Waals surface area contributed by atoms with Crippen LogP contribution in [0.5, 0.6) is 0 Å². The van der Waals surface area contributed by atoms with Crippen LogP contribution in [0.15, 0.2) is 0 Å². The van der Waals surface area contributed by atoms with E-state index >= 15 is 0 Å². The summed E-state index contributed by atoms with van der Waals surface area (Å²) in [6.45, 7) is 4.36. The van der Waals surface area contributed by atoms with Crippen LogP contribution >= 0.6 is 0 Å². The van der Waals surface area contributed by atoms with Gasteiger partial charge in [-0.05, 0) is 97.7 Å². The van der Waals surface area contributed by atoms with Gasteiger partial charge >= 0.3 is 17.1 Å². The van der Waals surface area contributed by atoms with Crippen LogP contribution in [0.3, 0.4) is 0 Å². The van der Waals surface area contributed by atoms with Crippen molar-refractivity contribution in [2.24, 2.45) is 46.3 Å². The molecule has 0 aromatic heterocycles. The Morgan fingerprint density at radius 3 is 2.42 bits per heavy atom. The summed E-state index contributed by atoms with van der Waals surface area (Å²) in [6.07, 6.45) is 9.62. The molecule has 0 aromatic carbocycles. The highest BCUT2D eigenvalue weighted by molar-refractivity contribution is 7.86. The minimum absolute atomic E-state index is 0.0469. The van der Waals surface area contributed by atoms with E-state index in [-0.39, 0.29) is 35.5 Å². The molecule has 11 heteroatoms. The molecule has 0 saturated heterocycles. The van der Waals surface area contributed by atoms with Gasteiger partial charge in [-0.1, -0.05) is 33.6 Å². The van der Waals surface area contributed by atoms with E-state index in [4.69, 9.17) is 0 Å². The smallest absolute Gasteiger partial charge is 0.399 e. The molecule has 0 aromatic rings. The highest BCUT2D eigenvalue weighted by Crippen LogP contribution is 2.68. The maximum Gasteiger partial charge on any atom is 0.399 e. The van der Waals surface area contributed by atoms with Gasteiger partial charge in [-0.2, -0.15) is 17.6 Å². The molecule has 0 heterocycles. The fraction of sp³-hybridized carbons (Fsp3) is 0.963. The molecule has 38 heavy (non-hydrogen) atoms. The maximum atomic E-state index is 13.6. The molecular formula is C27H41F4O6S-. The van der Waals surface area contributed by atoms with Crippen molar-refractivity contribution >= 4 is 16.1 Å². The molecule has 0 aliphatic heterocycles. The van der Waals surface area contributed by atoms with E-state index in [0.29, 0.717) is 17.8 Å². The second-order valence-electron chi connectivity index (χ2n) is 13.1. The summed E-state index contributed by atoms with van der Waals surface area (Å²) in [7, 11) is -6.64. The Bertz CT molecular complexity index is 1010. The largest absolute Gasteiger partial charge is 0.743 e. The summed E-state index contributed by atoms with van der Waals surface area (Å²) in [4.78, 5) is 12.1. The molecule has 220 valence electrons. The van der Waals surface area contributed by atoms with Crippen molar-refractivity contribution in [3.63, 3.8) is 0 Å². The van der Waals surface area contributed by atoms with E-state index in [1.54, 1.807) is 0 Å². The lowest BCUT2D eigenvalue weighted by molar-refractivity contribution is -0.196. The zero-order chi connectivity index (χ0) is 28.3. The van der Waals surface area contributed by atoms with E-state index < -0.39 is 40.0 Å². The molecule has 4 fully saturated rings. The monoisotopic (exact) mass is 569 g/mol. The van der Waals surface area contributed by atoms with Crippen LogP contribution in [-0.4, -0.2) is 47.9 Å². The molecule has 9 atom stereocenters. The number of rotatable bonds is 8. The molecule has 4 saturated carbocycles. The SMILES string of the molecule is C[C@H](CCC(=O)OCC(F)(F)C(F)(F)S(=O)(=O)[O-])[C@H]1CC[C@H]2[C@@H]3CC[C@@H]4CCCC[C@]4(C)[C@H]3C[C@H](O)[C@]12C. The predicted octanol–water partition coefficient (Wildman–Crippen LogP) is 5.74. The van der Waals surface area contributed by atoms with E-state index in [1.807, 2.05) is 6.92 Å². The summed E-state index contributed by atoms with van der Waals surface area (Å²) in [6, 6.07) is 0. The number of esters is 1. The third kappa shape index (κ3) is 4.80. The number of ether oxygens (including phenoxy) is 1. The number of hydrogen-bond acceptors (Lipinski definition) is 6. The van der Waals surface area contributed by atoms with Gasteiger partial charge in [-0.3, -0.25) is 4.79 Å². The number of carbonyl (C=O) groups is 1. The molecule has 4 aliphatic carbocycles. The van der Waals surface area contributed by atoms with Gasteiger partial charge in [0.1, 0.15) is 0 Å². The van der Waals surface area contributed by atoms with Crippen molar-refractivity contribution < 1.29 is 45.2 Å². The van der Waals surface area contributed by atoms with E-state index in [2.05, 4.69) is 18.6 Å². The number of hydrogen-bond donors (Lipinski definition) is 1. The van der Waals surface area contributed by atoms with Gasteiger partial charge in [0.15, 0.2) is 16.7 Å². The summed E-state index contributed by atoms with van der Waals surface area (Å²) in [5.41, 5.74) is -0.0405. The Morgan fingerprint density at radius 1 is 1.08 bits per heavy atom.